The lowest BCUT2D eigenvalue weighted by atomic mass is 10.1. The maximum atomic E-state index is 14.5. The molecule has 1 N–H and O–H groups in total. The Bertz CT molecular complexity index is 1620. The van der Waals surface area contributed by atoms with Crippen LogP contribution in [0.25, 0.3) is 0 Å². The summed E-state index contributed by atoms with van der Waals surface area (Å²) in [6.07, 6.45) is 0.269. The molecular formula is C33H42ClN3O8S. The van der Waals surface area contributed by atoms with Gasteiger partial charge in [-0.15, -0.1) is 0 Å². The van der Waals surface area contributed by atoms with E-state index in [1.165, 1.54) is 57.6 Å². The highest BCUT2D eigenvalue weighted by Crippen LogP contribution is 2.38. The van der Waals surface area contributed by atoms with Gasteiger partial charge in [0.2, 0.25) is 11.8 Å². The molecule has 0 fully saturated rings. The monoisotopic (exact) mass is 675 g/mol. The molecule has 0 unspecified atom stereocenters. The van der Waals surface area contributed by atoms with E-state index in [-0.39, 0.29) is 46.9 Å². The van der Waals surface area contributed by atoms with Gasteiger partial charge in [0.05, 0.1) is 39.0 Å². The molecule has 0 saturated carbocycles. The van der Waals surface area contributed by atoms with Crippen LogP contribution in [0.3, 0.4) is 0 Å². The van der Waals surface area contributed by atoms with E-state index in [2.05, 4.69) is 5.32 Å². The minimum atomic E-state index is -4.46. The molecule has 13 heteroatoms. The second-order valence-corrected chi connectivity index (χ2v) is 13.0. The highest BCUT2D eigenvalue weighted by molar-refractivity contribution is 7.92. The Morgan fingerprint density at radius 1 is 0.870 bits per heavy atom. The molecule has 0 radical (unpaired) electrons. The molecule has 0 aliphatic heterocycles. The van der Waals surface area contributed by atoms with Gasteiger partial charge < -0.3 is 29.2 Å². The van der Waals surface area contributed by atoms with Crippen LogP contribution in [0.5, 0.6) is 23.0 Å². The Balaban J connectivity index is 2.20. The molecule has 1 atom stereocenters. The van der Waals surface area contributed by atoms with Crippen LogP contribution in [0.4, 0.5) is 5.69 Å². The van der Waals surface area contributed by atoms with Crippen molar-refractivity contribution in [3.63, 3.8) is 0 Å². The molecule has 3 rings (SSSR count). The van der Waals surface area contributed by atoms with Crippen LogP contribution in [0.1, 0.15) is 32.8 Å². The normalized spacial score (nSPS) is 11.8. The number of methoxy groups -OCH3 is 4. The number of hydrogen-bond donors (Lipinski definition) is 1. The number of sulfonamides is 1. The van der Waals surface area contributed by atoms with Gasteiger partial charge in [-0.25, -0.2) is 8.42 Å². The summed E-state index contributed by atoms with van der Waals surface area (Å²) in [5.41, 5.74) is 0.654. The van der Waals surface area contributed by atoms with Crippen molar-refractivity contribution in [1.82, 2.24) is 10.2 Å². The summed E-state index contributed by atoms with van der Waals surface area (Å²) in [7, 11) is 1.20. The second-order valence-electron chi connectivity index (χ2n) is 10.7. The molecule has 250 valence electrons. The Morgan fingerprint density at radius 3 is 2.11 bits per heavy atom. The lowest BCUT2D eigenvalue weighted by Crippen LogP contribution is -2.52. The second kappa shape index (κ2) is 16.4. The molecule has 2 amide bonds. The quantitative estimate of drug-likeness (QED) is 0.221. The summed E-state index contributed by atoms with van der Waals surface area (Å²) in [5.74, 6) is 0.204. The maximum absolute atomic E-state index is 14.5. The summed E-state index contributed by atoms with van der Waals surface area (Å²) in [5, 5.41) is 3.31. The van der Waals surface area contributed by atoms with Crippen LogP contribution < -0.4 is 28.6 Å². The summed E-state index contributed by atoms with van der Waals surface area (Å²) >= 11 is 6.49. The topological polar surface area (TPSA) is 124 Å². The first-order valence-electron chi connectivity index (χ1n) is 14.7. The zero-order valence-electron chi connectivity index (χ0n) is 27.2. The number of carbonyl (C=O) groups is 2. The summed E-state index contributed by atoms with van der Waals surface area (Å²) in [4.78, 5) is 29.1. The number of amides is 2. The highest BCUT2D eigenvalue weighted by atomic mass is 35.5. The van der Waals surface area contributed by atoms with Gasteiger partial charge in [0, 0.05) is 30.2 Å². The Kier molecular flexibility index (Phi) is 13.0. The molecule has 3 aromatic rings. The average molecular weight is 676 g/mol. The largest absolute Gasteiger partial charge is 0.497 e. The van der Waals surface area contributed by atoms with Crippen molar-refractivity contribution in [2.45, 2.75) is 44.7 Å². The zero-order valence-corrected chi connectivity index (χ0v) is 28.8. The van der Waals surface area contributed by atoms with Gasteiger partial charge in [-0.3, -0.25) is 13.9 Å². The third-order valence-electron chi connectivity index (χ3n) is 7.25. The third-order valence-corrected chi connectivity index (χ3v) is 9.37. The van der Waals surface area contributed by atoms with Crippen molar-refractivity contribution in [1.29, 1.82) is 0 Å². The Labute approximate surface area is 276 Å². The first kappa shape index (κ1) is 36.3. The number of carbonyl (C=O) groups excluding carboxylic acids is 2. The number of nitrogens with one attached hydrogen (secondary N) is 1. The maximum Gasteiger partial charge on any atom is 0.265 e. The number of ether oxygens (including phenoxy) is 4. The van der Waals surface area contributed by atoms with E-state index in [4.69, 9.17) is 30.5 Å². The number of benzene rings is 3. The lowest BCUT2D eigenvalue weighted by molar-refractivity contribution is -0.140. The first-order valence-corrected chi connectivity index (χ1v) is 16.5. The molecular weight excluding hydrogens is 634 g/mol. The molecule has 0 spiro atoms. The van der Waals surface area contributed by atoms with Crippen molar-refractivity contribution < 1.29 is 37.0 Å². The molecule has 0 aliphatic carbocycles. The number of halogens is 1. The summed E-state index contributed by atoms with van der Waals surface area (Å²) in [6, 6.07) is 14.8. The third kappa shape index (κ3) is 8.55. The van der Waals surface area contributed by atoms with Crippen LogP contribution in [0.15, 0.2) is 65.6 Å². The number of hydrogen-bond acceptors (Lipinski definition) is 8. The molecule has 46 heavy (non-hydrogen) atoms. The number of rotatable bonds is 16. The van der Waals surface area contributed by atoms with Crippen LogP contribution >= 0.6 is 11.6 Å². The van der Waals surface area contributed by atoms with E-state index in [1.54, 1.807) is 43.3 Å². The fourth-order valence-corrected chi connectivity index (χ4v) is 6.39. The summed E-state index contributed by atoms with van der Waals surface area (Å²) in [6.45, 7) is 5.41. The van der Waals surface area contributed by atoms with E-state index >= 15 is 0 Å². The number of anilines is 1. The van der Waals surface area contributed by atoms with E-state index in [1.807, 2.05) is 13.8 Å². The number of nitrogens with zero attached hydrogens (tertiary/aromatic N) is 2. The predicted molar refractivity (Wildman–Crippen MR) is 178 cm³/mol. The van der Waals surface area contributed by atoms with Gasteiger partial charge in [-0.1, -0.05) is 50.6 Å². The van der Waals surface area contributed by atoms with Crippen LogP contribution in [0, 0.1) is 5.92 Å². The van der Waals surface area contributed by atoms with Gasteiger partial charge in [-0.2, -0.15) is 0 Å². The molecule has 0 saturated heterocycles. The molecule has 11 nitrogen and oxygen atoms in total. The van der Waals surface area contributed by atoms with Gasteiger partial charge in [0.15, 0.2) is 11.5 Å². The predicted octanol–water partition coefficient (Wildman–Crippen LogP) is 5.15. The van der Waals surface area contributed by atoms with Gasteiger partial charge in [0.25, 0.3) is 10.0 Å². The van der Waals surface area contributed by atoms with Crippen LogP contribution in [0.2, 0.25) is 5.02 Å². The summed E-state index contributed by atoms with van der Waals surface area (Å²) < 4.78 is 51.4. The fraction of sp³-hybridized carbons (Fsp3) is 0.394. The van der Waals surface area contributed by atoms with Crippen molar-refractivity contribution >= 4 is 39.1 Å². The van der Waals surface area contributed by atoms with E-state index in [0.29, 0.717) is 28.6 Å². The first-order chi connectivity index (χ1) is 21.9. The molecule has 3 aromatic carbocycles. The minimum absolute atomic E-state index is 0.0361. The van der Waals surface area contributed by atoms with E-state index < -0.39 is 28.5 Å². The minimum Gasteiger partial charge on any atom is -0.497 e. The average Bonchev–Trinajstić information content (AvgIpc) is 3.05. The smallest absolute Gasteiger partial charge is 0.265 e. The SMILES string of the molecule is CC[C@H](C(=O)NCC(C)C)N(Cc1ccccc1Cl)C(=O)CN(c1cc(OC)ccc1OC)S(=O)(=O)c1ccc(OC)c(OC)c1. The highest BCUT2D eigenvalue weighted by Gasteiger charge is 2.35. The molecule has 0 bridgehead atoms. The van der Waals surface area contributed by atoms with Crippen LogP contribution in [-0.2, 0) is 26.2 Å². The Hall–Kier alpha value is -4.16. The molecule has 0 heterocycles. The zero-order chi connectivity index (χ0) is 34.0. The van der Waals surface area contributed by atoms with Gasteiger partial charge in [0.1, 0.15) is 24.1 Å². The van der Waals surface area contributed by atoms with Crippen molar-refractivity contribution in [3.05, 3.63) is 71.2 Å². The van der Waals surface area contributed by atoms with Crippen molar-refractivity contribution in [3.8, 4) is 23.0 Å². The fourth-order valence-electron chi connectivity index (χ4n) is 4.76. The van der Waals surface area contributed by atoms with Crippen LogP contribution in [-0.4, -0.2) is 72.7 Å². The lowest BCUT2D eigenvalue weighted by Gasteiger charge is -2.34. The van der Waals surface area contributed by atoms with Crippen molar-refractivity contribution in [2.75, 3.05) is 45.8 Å². The Morgan fingerprint density at radius 2 is 1.52 bits per heavy atom. The van der Waals surface area contributed by atoms with Crippen molar-refractivity contribution in [2.24, 2.45) is 5.92 Å². The molecule has 0 aromatic heterocycles. The van der Waals surface area contributed by atoms with Gasteiger partial charge in [-0.05, 0) is 48.2 Å². The molecule has 0 aliphatic rings. The van der Waals surface area contributed by atoms with E-state index in [9.17, 15) is 18.0 Å². The van der Waals surface area contributed by atoms with E-state index in [0.717, 1.165) is 4.31 Å². The standard InChI is InChI=1S/C33H42ClN3O8S/c1-8-27(33(39)35-19-22(2)3)36(20-23-11-9-10-12-26(23)34)32(38)21-37(28-17-24(42-4)13-15-29(28)43-5)46(40,41)25-14-16-30(44-6)31(18-25)45-7/h9-18,22,27H,8,19-21H2,1-7H3,(H,35,39)/t27-/m1/s1. The van der Waals surface area contributed by atoms with Gasteiger partial charge >= 0.3 is 0 Å².